The highest BCUT2D eigenvalue weighted by molar-refractivity contribution is 6.08. The summed E-state index contributed by atoms with van der Waals surface area (Å²) in [6.45, 7) is 2.10. The molecule has 0 radical (unpaired) electrons. The van der Waals surface area contributed by atoms with Crippen LogP contribution in [0.1, 0.15) is 5.56 Å². The normalized spacial score (nSPS) is 11.3. The molecule has 0 bridgehead atoms. The molecule has 0 amide bonds. The predicted octanol–water partition coefficient (Wildman–Crippen LogP) is 5.55. The van der Waals surface area contributed by atoms with E-state index < -0.39 is 0 Å². The third kappa shape index (κ3) is 2.29. The Bertz CT molecular complexity index is 1200. The molecule has 0 saturated carbocycles. The van der Waals surface area contributed by atoms with Crippen molar-refractivity contribution in [3.8, 4) is 17.2 Å². The summed E-state index contributed by atoms with van der Waals surface area (Å²) in [6, 6.07) is 27.2. The average Bonchev–Trinajstić information content (AvgIpc) is 3.03. The summed E-state index contributed by atoms with van der Waals surface area (Å²) in [5.74, 6) is 0.696. The Morgan fingerprint density at radius 1 is 0.731 bits per heavy atom. The van der Waals surface area contributed by atoms with Crippen molar-refractivity contribution in [2.75, 3.05) is 0 Å². The van der Waals surface area contributed by atoms with Crippen molar-refractivity contribution in [1.82, 2.24) is 14.5 Å². The lowest BCUT2D eigenvalue weighted by atomic mass is 10.1. The Hall–Kier alpha value is -3.46. The Balaban J connectivity index is 1.79. The zero-order valence-corrected chi connectivity index (χ0v) is 14.4. The summed E-state index contributed by atoms with van der Waals surface area (Å²) in [7, 11) is 0. The highest BCUT2D eigenvalue weighted by atomic mass is 15.2. The molecule has 26 heavy (non-hydrogen) atoms. The van der Waals surface area contributed by atoms with Gasteiger partial charge >= 0.3 is 0 Å². The van der Waals surface area contributed by atoms with Gasteiger partial charge in [0.25, 0.3) is 0 Å². The first-order valence-electron chi connectivity index (χ1n) is 8.70. The standard InChI is InChI=1S/C23H17N3/c1-16-7-6-8-17(15-16)20-13-14-24-23(25-20)26-21-11-4-2-9-18(21)19-10-3-5-12-22(19)26/h2-15H,1H3. The van der Waals surface area contributed by atoms with Crippen LogP contribution in [0.3, 0.4) is 0 Å². The predicted molar refractivity (Wildman–Crippen MR) is 107 cm³/mol. The molecule has 0 fully saturated rings. The fourth-order valence-electron chi connectivity index (χ4n) is 3.56. The highest BCUT2D eigenvalue weighted by Gasteiger charge is 2.13. The minimum atomic E-state index is 0.696. The maximum absolute atomic E-state index is 4.88. The van der Waals surface area contributed by atoms with Gasteiger partial charge < -0.3 is 0 Å². The highest BCUT2D eigenvalue weighted by Crippen LogP contribution is 2.31. The fourth-order valence-corrected chi connectivity index (χ4v) is 3.56. The van der Waals surface area contributed by atoms with Crippen LogP contribution >= 0.6 is 0 Å². The van der Waals surface area contributed by atoms with Crippen molar-refractivity contribution in [2.24, 2.45) is 0 Å². The molecule has 0 N–H and O–H groups in total. The van der Waals surface area contributed by atoms with E-state index >= 15 is 0 Å². The first-order chi connectivity index (χ1) is 12.8. The van der Waals surface area contributed by atoms with Crippen LogP contribution in [0.4, 0.5) is 0 Å². The number of nitrogens with zero attached hydrogens (tertiary/aromatic N) is 3. The third-order valence-electron chi connectivity index (χ3n) is 4.74. The third-order valence-corrected chi connectivity index (χ3v) is 4.74. The zero-order chi connectivity index (χ0) is 17.5. The van der Waals surface area contributed by atoms with Crippen molar-refractivity contribution in [3.63, 3.8) is 0 Å². The first-order valence-corrected chi connectivity index (χ1v) is 8.70. The molecule has 3 aromatic carbocycles. The molecule has 5 aromatic rings. The molecule has 0 saturated heterocycles. The molecule has 0 unspecified atom stereocenters. The Morgan fingerprint density at radius 2 is 1.42 bits per heavy atom. The number of hydrogen-bond donors (Lipinski definition) is 0. The second-order valence-corrected chi connectivity index (χ2v) is 6.48. The number of para-hydroxylation sites is 2. The van der Waals surface area contributed by atoms with E-state index in [9.17, 15) is 0 Å². The molecule has 2 heterocycles. The summed E-state index contributed by atoms with van der Waals surface area (Å²) in [5, 5.41) is 2.43. The summed E-state index contributed by atoms with van der Waals surface area (Å²) in [5.41, 5.74) is 5.50. The molecule has 0 aliphatic rings. The van der Waals surface area contributed by atoms with E-state index in [-0.39, 0.29) is 0 Å². The van der Waals surface area contributed by atoms with Crippen molar-refractivity contribution in [1.29, 1.82) is 0 Å². The average molecular weight is 335 g/mol. The SMILES string of the molecule is Cc1cccc(-c2ccnc(-n3c4ccccc4c4ccccc43)n2)c1. The molecular weight excluding hydrogens is 318 g/mol. The van der Waals surface area contributed by atoms with E-state index in [0.717, 1.165) is 22.3 Å². The van der Waals surface area contributed by atoms with Crippen molar-refractivity contribution < 1.29 is 0 Å². The summed E-state index contributed by atoms with van der Waals surface area (Å²) >= 11 is 0. The molecule has 0 spiro atoms. The molecule has 3 nitrogen and oxygen atoms in total. The lowest BCUT2D eigenvalue weighted by Crippen LogP contribution is -2.01. The molecule has 0 aliphatic heterocycles. The molecular formula is C23H17N3. The van der Waals surface area contributed by atoms with Crippen LogP contribution in [0.2, 0.25) is 0 Å². The van der Waals surface area contributed by atoms with Crippen molar-refractivity contribution in [2.45, 2.75) is 6.92 Å². The fraction of sp³-hybridized carbons (Fsp3) is 0.0435. The van der Waals surface area contributed by atoms with E-state index in [1.54, 1.807) is 0 Å². The van der Waals surface area contributed by atoms with Gasteiger partial charge in [0.2, 0.25) is 5.95 Å². The number of aromatic nitrogens is 3. The molecule has 2 aromatic heterocycles. The number of benzene rings is 3. The van der Waals surface area contributed by atoms with Gasteiger partial charge in [0, 0.05) is 22.5 Å². The summed E-state index contributed by atoms with van der Waals surface area (Å²) in [4.78, 5) is 9.46. The minimum absolute atomic E-state index is 0.696. The quantitative estimate of drug-likeness (QED) is 0.423. The molecule has 0 atom stereocenters. The van der Waals surface area contributed by atoms with E-state index in [0.29, 0.717) is 5.95 Å². The Morgan fingerprint density at radius 3 is 2.12 bits per heavy atom. The van der Waals surface area contributed by atoms with Gasteiger partial charge in [-0.15, -0.1) is 0 Å². The second-order valence-electron chi connectivity index (χ2n) is 6.48. The number of hydrogen-bond acceptors (Lipinski definition) is 2. The maximum Gasteiger partial charge on any atom is 0.235 e. The monoisotopic (exact) mass is 335 g/mol. The van der Waals surface area contributed by atoms with Gasteiger partial charge in [0.15, 0.2) is 0 Å². The van der Waals surface area contributed by atoms with Gasteiger partial charge in [-0.2, -0.15) is 0 Å². The van der Waals surface area contributed by atoms with Crippen LogP contribution in [-0.2, 0) is 0 Å². The lowest BCUT2D eigenvalue weighted by molar-refractivity contribution is 0.992. The van der Waals surface area contributed by atoms with Gasteiger partial charge in [-0.1, -0.05) is 60.2 Å². The van der Waals surface area contributed by atoms with Crippen LogP contribution in [0.5, 0.6) is 0 Å². The lowest BCUT2D eigenvalue weighted by Gasteiger charge is -2.08. The Labute approximate surface area is 151 Å². The first kappa shape index (κ1) is 14.8. The van der Waals surface area contributed by atoms with E-state index in [1.807, 2.05) is 12.3 Å². The number of fused-ring (bicyclic) bond motifs is 3. The smallest absolute Gasteiger partial charge is 0.235 e. The molecule has 0 aliphatic carbocycles. The van der Waals surface area contributed by atoms with Crippen molar-refractivity contribution in [3.05, 3.63) is 90.6 Å². The van der Waals surface area contributed by atoms with Gasteiger partial charge in [0.1, 0.15) is 0 Å². The van der Waals surface area contributed by atoms with E-state index in [4.69, 9.17) is 4.98 Å². The van der Waals surface area contributed by atoms with Crippen LogP contribution in [0, 0.1) is 6.92 Å². The van der Waals surface area contributed by atoms with Gasteiger partial charge in [-0.05, 0) is 31.2 Å². The number of rotatable bonds is 2. The van der Waals surface area contributed by atoms with E-state index in [1.165, 1.54) is 16.3 Å². The Kier molecular flexibility index (Phi) is 3.32. The maximum atomic E-state index is 4.88. The zero-order valence-electron chi connectivity index (χ0n) is 14.4. The molecule has 5 rings (SSSR count). The molecule has 3 heteroatoms. The summed E-state index contributed by atoms with van der Waals surface area (Å²) < 4.78 is 2.14. The summed E-state index contributed by atoms with van der Waals surface area (Å²) in [6.07, 6.45) is 1.84. The minimum Gasteiger partial charge on any atom is -0.278 e. The van der Waals surface area contributed by atoms with Gasteiger partial charge in [-0.25, -0.2) is 9.97 Å². The van der Waals surface area contributed by atoms with E-state index in [2.05, 4.69) is 89.3 Å². The molecule has 124 valence electrons. The number of aryl methyl sites for hydroxylation is 1. The second kappa shape index (κ2) is 5.81. The van der Waals surface area contributed by atoms with Gasteiger partial charge in [0.05, 0.1) is 16.7 Å². The van der Waals surface area contributed by atoms with Crippen LogP contribution in [0.25, 0.3) is 39.0 Å². The van der Waals surface area contributed by atoms with Crippen LogP contribution in [-0.4, -0.2) is 14.5 Å². The van der Waals surface area contributed by atoms with Crippen LogP contribution < -0.4 is 0 Å². The largest absolute Gasteiger partial charge is 0.278 e. The van der Waals surface area contributed by atoms with Crippen LogP contribution in [0.15, 0.2) is 85.1 Å². The topological polar surface area (TPSA) is 30.7 Å². The van der Waals surface area contributed by atoms with Gasteiger partial charge in [-0.3, -0.25) is 4.57 Å². The van der Waals surface area contributed by atoms with Crippen molar-refractivity contribution >= 4 is 21.8 Å².